The van der Waals surface area contributed by atoms with Gasteiger partial charge in [-0.05, 0) is 31.2 Å². The number of hydrogen-bond donors (Lipinski definition) is 1. The Bertz CT molecular complexity index is 1060. The quantitative estimate of drug-likeness (QED) is 0.557. The molecule has 0 aliphatic rings. The van der Waals surface area contributed by atoms with Crippen LogP contribution in [0.4, 0.5) is 5.13 Å². The summed E-state index contributed by atoms with van der Waals surface area (Å²) in [6, 6.07) is 7.52. The maximum Gasteiger partial charge on any atom is 0.265 e. The molecular weight excluding hydrogens is 424 g/mol. The fourth-order valence-electron chi connectivity index (χ4n) is 2.57. The molecule has 0 bridgehead atoms. The molecule has 9 nitrogen and oxygen atoms in total. The molecule has 1 aromatic carbocycles. The van der Waals surface area contributed by atoms with Gasteiger partial charge in [-0.25, -0.2) is 4.98 Å². The molecule has 0 aliphatic carbocycles. The van der Waals surface area contributed by atoms with Crippen molar-refractivity contribution in [1.82, 2.24) is 24.6 Å². The van der Waals surface area contributed by atoms with Gasteiger partial charge in [0.15, 0.2) is 16.1 Å². The minimum Gasteiger partial charge on any atom is -0.497 e. The van der Waals surface area contributed by atoms with Gasteiger partial charge in [-0.3, -0.25) is 9.59 Å². The highest BCUT2D eigenvalue weighted by atomic mass is 32.2. The molecule has 0 aliphatic heterocycles. The molecule has 3 aromatic rings. The fourth-order valence-corrected chi connectivity index (χ4v) is 4.28. The third-order valence-electron chi connectivity index (χ3n) is 4.16. The standard InChI is InChI=1S/C19H22N6O3S2/c1-11-15(17(27)24(2)3)30-18(20-11)21-14(26)10-29-19-23-22-16(25(19)4)12-6-8-13(28-5)9-7-12/h6-9H,10H2,1-5H3,(H,20,21,26). The van der Waals surface area contributed by atoms with Crippen molar-refractivity contribution in [3.63, 3.8) is 0 Å². The number of amides is 2. The van der Waals surface area contributed by atoms with Crippen LogP contribution in [0.2, 0.25) is 0 Å². The number of anilines is 1. The summed E-state index contributed by atoms with van der Waals surface area (Å²) in [5.41, 5.74) is 1.50. The lowest BCUT2D eigenvalue weighted by Gasteiger charge is -2.07. The number of methoxy groups -OCH3 is 1. The Hall–Kier alpha value is -2.92. The molecule has 2 aromatic heterocycles. The zero-order valence-electron chi connectivity index (χ0n) is 17.3. The van der Waals surface area contributed by atoms with Gasteiger partial charge in [0.25, 0.3) is 5.91 Å². The number of hydrogen-bond acceptors (Lipinski definition) is 8. The Morgan fingerprint density at radius 3 is 2.57 bits per heavy atom. The van der Waals surface area contributed by atoms with E-state index in [1.165, 1.54) is 28.0 Å². The molecule has 0 saturated heterocycles. The van der Waals surface area contributed by atoms with Gasteiger partial charge in [-0.1, -0.05) is 23.1 Å². The van der Waals surface area contributed by atoms with Crippen molar-refractivity contribution < 1.29 is 14.3 Å². The van der Waals surface area contributed by atoms with Crippen molar-refractivity contribution in [2.45, 2.75) is 12.1 Å². The first-order valence-electron chi connectivity index (χ1n) is 8.95. The normalized spacial score (nSPS) is 10.7. The van der Waals surface area contributed by atoms with Crippen molar-refractivity contribution in [1.29, 1.82) is 0 Å². The molecule has 158 valence electrons. The van der Waals surface area contributed by atoms with Crippen LogP contribution in [-0.4, -0.2) is 63.4 Å². The Morgan fingerprint density at radius 2 is 1.93 bits per heavy atom. The number of carbonyl (C=O) groups is 2. The van der Waals surface area contributed by atoms with Crippen LogP contribution in [0, 0.1) is 6.92 Å². The summed E-state index contributed by atoms with van der Waals surface area (Å²) in [6.07, 6.45) is 0. The van der Waals surface area contributed by atoms with Crippen LogP contribution in [-0.2, 0) is 11.8 Å². The third-order valence-corrected chi connectivity index (χ3v) is 6.24. The molecule has 0 saturated carbocycles. The molecule has 0 atom stereocenters. The van der Waals surface area contributed by atoms with E-state index in [0.717, 1.165) is 11.3 Å². The molecule has 3 rings (SSSR count). The number of benzene rings is 1. The highest BCUT2D eigenvalue weighted by Crippen LogP contribution is 2.26. The summed E-state index contributed by atoms with van der Waals surface area (Å²) in [4.78, 5) is 30.7. The summed E-state index contributed by atoms with van der Waals surface area (Å²) in [7, 11) is 6.82. The van der Waals surface area contributed by atoms with Crippen LogP contribution in [0.5, 0.6) is 5.75 Å². The molecule has 30 heavy (non-hydrogen) atoms. The smallest absolute Gasteiger partial charge is 0.265 e. The van der Waals surface area contributed by atoms with E-state index in [0.29, 0.717) is 26.7 Å². The van der Waals surface area contributed by atoms with Crippen LogP contribution < -0.4 is 10.1 Å². The topological polar surface area (TPSA) is 102 Å². The Kier molecular flexibility index (Phi) is 6.73. The summed E-state index contributed by atoms with van der Waals surface area (Å²) in [5, 5.41) is 12.2. The number of carbonyl (C=O) groups excluding carboxylic acids is 2. The number of aryl methyl sites for hydroxylation is 1. The Labute approximate surface area is 182 Å². The fraction of sp³-hybridized carbons (Fsp3) is 0.316. The van der Waals surface area contributed by atoms with Gasteiger partial charge in [0.2, 0.25) is 5.91 Å². The lowest BCUT2D eigenvalue weighted by molar-refractivity contribution is -0.113. The number of aromatic nitrogens is 4. The zero-order valence-corrected chi connectivity index (χ0v) is 18.9. The summed E-state index contributed by atoms with van der Waals surface area (Å²) in [6.45, 7) is 1.75. The third kappa shape index (κ3) is 4.79. The van der Waals surface area contributed by atoms with Gasteiger partial charge in [0, 0.05) is 26.7 Å². The molecular formula is C19H22N6O3S2. The predicted octanol–water partition coefficient (Wildman–Crippen LogP) is 2.69. The van der Waals surface area contributed by atoms with Gasteiger partial charge in [0.05, 0.1) is 18.6 Å². The molecule has 11 heteroatoms. The van der Waals surface area contributed by atoms with Crippen molar-refractivity contribution in [3.8, 4) is 17.1 Å². The maximum atomic E-state index is 12.3. The number of nitrogens with zero attached hydrogens (tertiary/aromatic N) is 5. The lowest BCUT2D eigenvalue weighted by atomic mass is 10.2. The van der Waals surface area contributed by atoms with Crippen LogP contribution in [0.3, 0.4) is 0 Å². The Balaban J connectivity index is 1.62. The monoisotopic (exact) mass is 446 g/mol. The van der Waals surface area contributed by atoms with E-state index in [9.17, 15) is 9.59 Å². The van der Waals surface area contributed by atoms with E-state index in [1.54, 1.807) is 28.1 Å². The SMILES string of the molecule is COc1ccc(-c2nnc(SCC(=O)Nc3nc(C)c(C(=O)N(C)C)s3)n2C)cc1. The second kappa shape index (κ2) is 9.26. The highest BCUT2D eigenvalue weighted by Gasteiger charge is 2.19. The first-order chi connectivity index (χ1) is 14.3. The zero-order chi connectivity index (χ0) is 21.8. The number of thioether (sulfide) groups is 1. The molecule has 1 N–H and O–H groups in total. The van der Waals surface area contributed by atoms with Crippen molar-refractivity contribution in [2.24, 2.45) is 7.05 Å². The van der Waals surface area contributed by atoms with E-state index in [4.69, 9.17) is 4.74 Å². The van der Waals surface area contributed by atoms with Crippen molar-refractivity contribution in [2.75, 3.05) is 32.3 Å². The van der Waals surface area contributed by atoms with Gasteiger partial charge in [-0.2, -0.15) is 0 Å². The average Bonchev–Trinajstić information content (AvgIpc) is 3.27. The predicted molar refractivity (Wildman–Crippen MR) is 117 cm³/mol. The van der Waals surface area contributed by atoms with E-state index < -0.39 is 0 Å². The van der Waals surface area contributed by atoms with Gasteiger partial charge >= 0.3 is 0 Å². The van der Waals surface area contributed by atoms with E-state index in [2.05, 4.69) is 20.5 Å². The molecule has 2 heterocycles. The first-order valence-corrected chi connectivity index (χ1v) is 10.8. The van der Waals surface area contributed by atoms with Gasteiger partial charge in [0.1, 0.15) is 10.6 Å². The first kappa shape index (κ1) is 21.8. The highest BCUT2D eigenvalue weighted by molar-refractivity contribution is 7.99. The number of nitrogens with one attached hydrogen (secondary N) is 1. The minimum absolute atomic E-state index is 0.134. The number of rotatable bonds is 7. The average molecular weight is 447 g/mol. The number of thiazole rings is 1. The second-order valence-corrected chi connectivity index (χ2v) is 8.51. The van der Waals surface area contributed by atoms with Crippen molar-refractivity contribution >= 4 is 40.0 Å². The Morgan fingerprint density at radius 1 is 1.23 bits per heavy atom. The summed E-state index contributed by atoms with van der Waals surface area (Å²) < 4.78 is 7.01. The van der Waals surface area contributed by atoms with E-state index >= 15 is 0 Å². The van der Waals surface area contributed by atoms with Crippen molar-refractivity contribution in [3.05, 3.63) is 34.8 Å². The van der Waals surface area contributed by atoms with Gasteiger partial charge in [-0.15, -0.1) is 10.2 Å². The molecule has 2 amide bonds. The minimum atomic E-state index is -0.230. The van der Waals surface area contributed by atoms with Crippen LogP contribution >= 0.6 is 23.1 Å². The number of ether oxygens (including phenoxy) is 1. The summed E-state index contributed by atoms with van der Waals surface area (Å²) >= 11 is 2.44. The lowest BCUT2D eigenvalue weighted by Crippen LogP contribution is -2.21. The molecule has 0 radical (unpaired) electrons. The maximum absolute atomic E-state index is 12.3. The van der Waals surface area contributed by atoms with Crippen LogP contribution in [0.25, 0.3) is 11.4 Å². The molecule has 0 spiro atoms. The summed E-state index contributed by atoms with van der Waals surface area (Å²) in [5.74, 6) is 1.24. The van der Waals surface area contributed by atoms with E-state index in [-0.39, 0.29) is 17.6 Å². The molecule has 0 unspecified atom stereocenters. The van der Waals surface area contributed by atoms with Crippen LogP contribution in [0.1, 0.15) is 15.4 Å². The van der Waals surface area contributed by atoms with Crippen LogP contribution in [0.15, 0.2) is 29.4 Å². The van der Waals surface area contributed by atoms with Gasteiger partial charge < -0.3 is 19.5 Å². The van der Waals surface area contributed by atoms with E-state index in [1.807, 2.05) is 35.9 Å². The molecule has 0 fully saturated rings. The largest absolute Gasteiger partial charge is 0.497 e. The second-order valence-electron chi connectivity index (χ2n) is 6.56.